The van der Waals surface area contributed by atoms with E-state index >= 15 is 0 Å². The molecule has 0 atom stereocenters. The second-order valence-corrected chi connectivity index (χ2v) is 3.66. The second-order valence-electron chi connectivity index (χ2n) is 3.66. The molecule has 0 aliphatic carbocycles. The highest BCUT2D eigenvalue weighted by Crippen LogP contribution is 2.19. The number of ether oxygens (including phenoxy) is 2. The number of amides is 1. The summed E-state index contributed by atoms with van der Waals surface area (Å²) < 4.78 is 10.2. The normalized spacial score (nSPS) is 9.94. The number of nitrogens with zero attached hydrogens (tertiary/aromatic N) is 1. The number of methoxy groups -OCH3 is 1. The molecule has 1 rings (SSSR count). The number of carbonyl (C=O) groups excluding carboxylic acids is 1. The zero-order chi connectivity index (χ0) is 13.4. The van der Waals surface area contributed by atoms with E-state index in [2.05, 4.69) is 0 Å². The van der Waals surface area contributed by atoms with Crippen molar-refractivity contribution in [3.05, 3.63) is 29.8 Å². The molecule has 18 heavy (non-hydrogen) atoms. The van der Waals surface area contributed by atoms with Gasteiger partial charge in [0.15, 0.2) is 0 Å². The number of hydrogen-bond donors (Lipinski definition) is 1. The summed E-state index contributed by atoms with van der Waals surface area (Å²) in [5.41, 5.74) is 0.876. The molecule has 5 heteroatoms. The molecular formula is C13H19NO4. The lowest BCUT2D eigenvalue weighted by atomic mass is 10.2. The first kappa shape index (κ1) is 14.3. The van der Waals surface area contributed by atoms with Crippen LogP contribution in [-0.4, -0.2) is 43.0 Å². The highest BCUT2D eigenvalue weighted by molar-refractivity contribution is 5.67. The Morgan fingerprint density at radius 3 is 2.72 bits per heavy atom. The number of aliphatic hydroxyl groups excluding tert-OH is 1. The smallest absolute Gasteiger partial charge is 0.410 e. The molecule has 100 valence electrons. The molecule has 1 aromatic rings. The van der Waals surface area contributed by atoms with Crippen LogP contribution in [0, 0.1) is 0 Å². The van der Waals surface area contributed by atoms with Gasteiger partial charge in [-0.3, -0.25) is 0 Å². The van der Waals surface area contributed by atoms with E-state index in [-0.39, 0.29) is 13.2 Å². The Labute approximate surface area is 107 Å². The van der Waals surface area contributed by atoms with Crippen molar-refractivity contribution < 1.29 is 19.4 Å². The van der Waals surface area contributed by atoms with Gasteiger partial charge in [0.25, 0.3) is 0 Å². The van der Waals surface area contributed by atoms with Gasteiger partial charge in [-0.05, 0) is 13.0 Å². The van der Waals surface area contributed by atoms with Crippen molar-refractivity contribution in [3.8, 4) is 5.75 Å². The maximum atomic E-state index is 11.7. The van der Waals surface area contributed by atoms with Gasteiger partial charge in [-0.1, -0.05) is 18.2 Å². The summed E-state index contributed by atoms with van der Waals surface area (Å²) in [5, 5.41) is 8.98. The van der Waals surface area contributed by atoms with Crippen molar-refractivity contribution in [3.63, 3.8) is 0 Å². The molecule has 1 amide bonds. The number of rotatable bonds is 6. The van der Waals surface area contributed by atoms with Gasteiger partial charge in [-0.2, -0.15) is 0 Å². The third-order valence-electron chi connectivity index (χ3n) is 2.45. The van der Waals surface area contributed by atoms with Gasteiger partial charge >= 0.3 is 6.09 Å². The second kappa shape index (κ2) is 7.55. The summed E-state index contributed by atoms with van der Waals surface area (Å²) in [6.45, 7) is 2.54. The first-order chi connectivity index (χ1) is 8.72. The maximum Gasteiger partial charge on any atom is 0.410 e. The van der Waals surface area contributed by atoms with Crippen LogP contribution >= 0.6 is 0 Å². The minimum absolute atomic E-state index is 0.103. The standard InChI is InChI=1S/C13H19NO4/c1-3-18-13(16)14(8-9-15)10-11-6-4-5-7-12(11)17-2/h4-7,15H,3,8-10H2,1-2H3. The van der Waals surface area contributed by atoms with Crippen molar-refractivity contribution >= 4 is 6.09 Å². The number of carbonyl (C=O) groups is 1. The molecule has 1 aromatic carbocycles. The van der Waals surface area contributed by atoms with Crippen molar-refractivity contribution in [2.45, 2.75) is 13.5 Å². The molecule has 0 radical (unpaired) electrons. The molecule has 0 spiro atoms. The number of benzene rings is 1. The van der Waals surface area contributed by atoms with Gasteiger partial charge in [0.2, 0.25) is 0 Å². The Hall–Kier alpha value is -1.75. The van der Waals surface area contributed by atoms with E-state index < -0.39 is 6.09 Å². The molecule has 5 nitrogen and oxygen atoms in total. The molecule has 0 aliphatic rings. The minimum Gasteiger partial charge on any atom is -0.496 e. The Balaban J connectivity index is 2.79. The summed E-state index contributed by atoms with van der Waals surface area (Å²) in [5.74, 6) is 0.713. The third-order valence-corrected chi connectivity index (χ3v) is 2.45. The van der Waals surface area contributed by atoms with Crippen LogP contribution < -0.4 is 4.74 Å². The average molecular weight is 253 g/mol. The number of aliphatic hydroxyl groups is 1. The summed E-state index contributed by atoms with van der Waals surface area (Å²) in [6.07, 6.45) is -0.433. The Kier molecular flexibility index (Phi) is 6.00. The zero-order valence-corrected chi connectivity index (χ0v) is 10.8. The minimum atomic E-state index is -0.433. The van der Waals surface area contributed by atoms with E-state index in [9.17, 15) is 4.79 Å². The van der Waals surface area contributed by atoms with Crippen molar-refractivity contribution in [1.29, 1.82) is 0 Å². The molecule has 0 aromatic heterocycles. The monoisotopic (exact) mass is 253 g/mol. The van der Waals surface area contributed by atoms with Crippen LogP contribution in [0.4, 0.5) is 4.79 Å². The first-order valence-electron chi connectivity index (χ1n) is 5.87. The van der Waals surface area contributed by atoms with Gasteiger partial charge < -0.3 is 19.5 Å². The van der Waals surface area contributed by atoms with Crippen LogP contribution in [-0.2, 0) is 11.3 Å². The van der Waals surface area contributed by atoms with Crippen LogP contribution in [0.15, 0.2) is 24.3 Å². The van der Waals surface area contributed by atoms with Gasteiger partial charge in [-0.15, -0.1) is 0 Å². The quantitative estimate of drug-likeness (QED) is 0.837. The summed E-state index contributed by atoms with van der Waals surface area (Å²) in [7, 11) is 1.58. The highest BCUT2D eigenvalue weighted by atomic mass is 16.6. The highest BCUT2D eigenvalue weighted by Gasteiger charge is 2.16. The summed E-state index contributed by atoms with van der Waals surface area (Å²) in [4.78, 5) is 13.1. The Bertz CT molecular complexity index is 381. The largest absolute Gasteiger partial charge is 0.496 e. The molecule has 0 heterocycles. The van der Waals surface area contributed by atoms with E-state index in [4.69, 9.17) is 14.6 Å². The van der Waals surface area contributed by atoms with E-state index in [1.54, 1.807) is 14.0 Å². The molecule has 0 bridgehead atoms. The molecule has 0 unspecified atom stereocenters. The van der Waals surface area contributed by atoms with Crippen LogP contribution in [0.3, 0.4) is 0 Å². The third kappa shape index (κ3) is 3.92. The van der Waals surface area contributed by atoms with Gasteiger partial charge in [-0.25, -0.2) is 4.79 Å². The molecule has 0 saturated carbocycles. The van der Waals surface area contributed by atoms with Gasteiger partial charge in [0.05, 0.1) is 26.9 Å². The van der Waals surface area contributed by atoms with E-state index in [0.717, 1.165) is 5.56 Å². The maximum absolute atomic E-state index is 11.7. The molecule has 1 N–H and O–H groups in total. The van der Waals surface area contributed by atoms with Gasteiger partial charge in [0, 0.05) is 12.1 Å². The fraction of sp³-hybridized carbons (Fsp3) is 0.462. The lowest BCUT2D eigenvalue weighted by Crippen LogP contribution is -2.33. The predicted molar refractivity (Wildman–Crippen MR) is 67.5 cm³/mol. The topological polar surface area (TPSA) is 59.0 Å². The van der Waals surface area contributed by atoms with Crippen molar-refractivity contribution in [1.82, 2.24) is 4.90 Å². The lowest BCUT2D eigenvalue weighted by molar-refractivity contribution is 0.0953. The van der Waals surface area contributed by atoms with E-state index in [1.165, 1.54) is 4.90 Å². The zero-order valence-electron chi connectivity index (χ0n) is 10.8. The van der Waals surface area contributed by atoms with E-state index in [0.29, 0.717) is 18.9 Å². The molecule has 0 saturated heterocycles. The lowest BCUT2D eigenvalue weighted by Gasteiger charge is -2.21. The van der Waals surface area contributed by atoms with Crippen LogP contribution in [0.25, 0.3) is 0 Å². The van der Waals surface area contributed by atoms with Crippen molar-refractivity contribution in [2.75, 3.05) is 26.9 Å². The summed E-state index contributed by atoms with van der Waals surface area (Å²) >= 11 is 0. The Morgan fingerprint density at radius 1 is 1.39 bits per heavy atom. The van der Waals surface area contributed by atoms with Gasteiger partial charge in [0.1, 0.15) is 5.75 Å². The fourth-order valence-corrected chi connectivity index (χ4v) is 1.61. The molecule has 0 fully saturated rings. The number of hydrogen-bond acceptors (Lipinski definition) is 4. The van der Waals surface area contributed by atoms with Crippen LogP contribution in [0.2, 0.25) is 0 Å². The fourth-order valence-electron chi connectivity index (χ4n) is 1.61. The average Bonchev–Trinajstić information content (AvgIpc) is 2.39. The molecular weight excluding hydrogens is 234 g/mol. The number of para-hydroxylation sites is 1. The first-order valence-corrected chi connectivity index (χ1v) is 5.87. The van der Waals surface area contributed by atoms with Crippen molar-refractivity contribution in [2.24, 2.45) is 0 Å². The van der Waals surface area contributed by atoms with Crippen LogP contribution in [0.5, 0.6) is 5.75 Å². The summed E-state index contributed by atoms with van der Waals surface area (Å²) in [6, 6.07) is 7.45. The SMILES string of the molecule is CCOC(=O)N(CCO)Cc1ccccc1OC. The molecule has 0 aliphatic heterocycles. The van der Waals surface area contributed by atoms with E-state index in [1.807, 2.05) is 24.3 Å². The van der Waals surface area contributed by atoms with Crippen LogP contribution in [0.1, 0.15) is 12.5 Å². The predicted octanol–water partition coefficient (Wildman–Crippen LogP) is 1.65. The Morgan fingerprint density at radius 2 is 2.11 bits per heavy atom.